The molecule has 0 aromatic carbocycles. The number of H-pyrrole nitrogens is 1. The number of hydrogen-bond donors (Lipinski definition) is 1. The lowest BCUT2D eigenvalue weighted by Crippen LogP contribution is -2.19. The Labute approximate surface area is 73.4 Å². The zero-order valence-corrected chi connectivity index (χ0v) is 8.23. The van der Waals surface area contributed by atoms with Gasteiger partial charge in [0.05, 0.1) is 6.20 Å². The minimum absolute atomic E-state index is 0.273. The lowest BCUT2D eigenvalue weighted by Gasteiger charge is -2.22. The molecule has 0 radical (unpaired) electrons. The Balaban J connectivity index is 2.60. The van der Waals surface area contributed by atoms with Crippen molar-refractivity contribution >= 4 is 0 Å². The summed E-state index contributed by atoms with van der Waals surface area (Å²) in [5.74, 6) is 0. The van der Waals surface area contributed by atoms with Gasteiger partial charge in [-0.1, -0.05) is 27.7 Å². The third-order valence-electron chi connectivity index (χ3n) is 2.93. The summed E-state index contributed by atoms with van der Waals surface area (Å²) in [6, 6.07) is 0. The summed E-state index contributed by atoms with van der Waals surface area (Å²) < 4.78 is 0. The molecule has 1 aromatic rings. The van der Waals surface area contributed by atoms with Crippen molar-refractivity contribution < 1.29 is 0 Å². The first kappa shape index (κ1) is 7.84. The van der Waals surface area contributed by atoms with Crippen molar-refractivity contribution in [2.45, 2.75) is 44.9 Å². The number of fused-ring (bicyclic) bond motifs is 1. The van der Waals surface area contributed by atoms with E-state index in [0.717, 1.165) is 0 Å². The second-order valence-electron chi connectivity index (χ2n) is 5.10. The molecule has 0 atom stereocenters. The number of aromatic amines is 1. The van der Waals surface area contributed by atoms with Gasteiger partial charge in [0.2, 0.25) is 0 Å². The molecule has 0 saturated carbocycles. The maximum absolute atomic E-state index is 4.11. The van der Waals surface area contributed by atoms with Crippen LogP contribution in [0, 0.1) is 0 Å². The zero-order chi connectivity index (χ0) is 8.98. The van der Waals surface area contributed by atoms with Crippen LogP contribution in [-0.2, 0) is 10.8 Å². The van der Waals surface area contributed by atoms with Crippen molar-refractivity contribution in [3.63, 3.8) is 0 Å². The number of hydrogen-bond acceptors (Lipinski definition) is 1. The van der Waals surface area contributed by atoms with E-state index in [9.17, 15) is 0 Å². The smallest absolute Gasteiger partial charge is 0.0527 e. The minimum Gasteiger partial charge on any atom is -0.282 e. The highest BCUT2D eigenvalue weighted by atomic mass is 15.1. The summed E-state index contributed by atoms with van der Waals surface area (Å²) in [5, 5.41) is 7.22. The van der Waals surface area contributed by atoms with Crippen LogP contribution < -0.4 is 0 Å². The molecule has 1 N–H and O–H groups in total. The number of rotatable bonds is 0. The van der Waals surface area contributed by atoms with E-state index in [4.69, 9.17) is 0 Å². The van der Waals surface area contributed by atoms with Gasteiger partial charge in [0.15, 0.2) is 0 Å². The first-order valence-electron chi connectivity index (χ1n) is 4.48. The standard InChI is InChI=1S/C10H16N2/c1-9(2)6-10(3,4)8-7(9)5-11-12-8/h5H,6H2,1-4H3,(H,11,12). The van der Waals surface area contributed by atoms with Crippen LogP contribution >= 0.6 is 0 Å². The van der Waals surface area contributed by atoms with Crippen molar-refractivity contribution in [2.75, 3.05) is 0 Å². The van der Waals surface area contributed by atoms with Crippen LogP contribution in [0.2, 0.25) is 0 Å². The maximum Gasteiger partial charge on any atom is 0.0527 e. The number of nitrogens with one attached hydrogen (secondary N) is 1. The number of nitrogens with zero attached hydrogens (tertiary/aromatic N) is 1. The van der Waals surface area contributed by atoms with E-state index in [1.165, 1.54) is 17.7 Å². The molecule has 0 fully saturated rings. The Bertz CT molecular complexity index is 279. The van der Waals surface area contributed by atoms with Gasteiger partial charge in [-0.3, -0.25) is 5.10 Å². The second-order valence-corrected chi connectivity index (χ2v) is 5.10. The Morgan fingerprint density at radius 3 is 2.50 bits per heavy atom. The molecule has 66 valence electrons. The predicted molar refractivity (Wildman–Crippen MR) is 49.3 cm³/mol. The molecule has 0 unspecified atom stereocenters. The molecule has 0 bridgehead atoms. The molecule has 2 nitrogen and oxygen atoms in total. The van der Waals surface area contributed by atoms with Crippen molar-refractivity contribution in [2.24, 2.45) is 0 Å². The summed E-state index contributed by atoms with van der Waals surface area (Å²) in [7, 11) is 0. The highest BCUT2D eigenvalue weighted by Crippen LogP contribution is 2.47. The van der Waals surface area contributed by atoms with E-state index in [1.807, 2.05) is 6.20 Å². The SMILES string of the molecule is CC1(C)CC(C)(C)c2[nH]ncc21. The molecule has 1 aromatic heterocycles. The Morgan fingerprint density at radius 1 is 1.25 bits per heavy atom. The van der Waals surface area contributed by atoms with Gasteiger partial charge < -0.3 is 0 Å². The third-order valence-corrected chi connectivity index (χ3v) is 2.93. The molecule has 0 spiro atoms. The summed E-state index contributed by atoms with van der Waals surface area (Å²) in [6.07, 6.45) is 3.19. The van der Waals surface area contributed by atoms with E-state index < -0.39 is 0 Å². The quantitative estimate of drug-likeness (QED) is 0.626. The lowest BCUT2D eigenvalue weighted by molar-refractivity contribution is 0.395. The Morgan fingerprint density at radius 2 is 1.92 bits per heavy atom. The van der Waals surface area contributed by atoms with E-state index in [1.54, 1.807) is 0 Å². The molecule has 12 heavy (non-hydrogen) atoms. The zero-order valence-electron chi connectivity index (χ0n) is 8.23. The molecule has 0 amide bonds. The first-order valence-corrected chi connectivity index (χ1v) is 4.48. The summed E-state index contributed by atoms with van der Waals surface area (Å²) in [5.41, 5.74) is 3.29. The second kappa shape index (κ2) is 1.93. The Kier molecular flexibility index (Phi) is 1.26. The van der Waals surface area contributed by atoms with Crippen LogP contribution in [0.1, 0.15) is 45.4 Å². The molecule has 1 aliphatic carbocycles. The summed E-state index contributed by atoms with van der Waals surface area (Å²) in [4.78, 5) is 0. The minimum atomic E-state index is 0.273. The molecule has 1 heterocycles. The molecule has 0 saturated heterocycles. The van der Waals surface area contributed by atoms with Gasteiger partial charge >= 0.3 is 0 Å². The molecule has 2 heteroatoms. The van der Waals surface area contributed by atoms with Crippen LogP contribution in [-0.4, -0.2) is 10.2 Å². The van der Waals surface area contributed by atoms with E-state index in [2.05, 4.69) is 37.9 Å². The summed E-state index contributed by atoms with van der Waals surface area (Å²) >= 11 is 0. The van der Waals surface area contributed by atoms with E-state index in [0.29, 0.717) is 5.41 Å². The van der Waals surface area contributed by atoms with Crippen LogP contribution in [0.25, 0.3) is 0 Å². The first-order chi connectivity index (χ1) is 5.43. The monoisotopic (exact) mass is 164 g/mol. The van der Waals surface area contributed by atoms with Crippen LogP contribution in [0.5, 0.6) is 0 Å². The Hall–Kier alpha value is -0.790. The molecule has 0 aliphatic heterocycles. The van der Waals surface area contributed by atoms with Crippen molar-refractivity contribution in [1.29, 1.82) is 0 Å². The van der Waals surface area contributed by atoms with Crippen LogP contribution in [0.15, 0.2) is 6.20 Å². The normalized spacial score (nSPS) is 24.0. The van der Waals surface area contributed by atoms with Gasteiger partial charge in [-0.2, -0.15) is 5.10 Å². The molecule has 1 aliphatic rings. The molecular formula is C10H16N2. The van der Waals surface area contributed by atoms with E-state index in [-0.39, 0.29) is 5.41 Å². The van der Waals surface area contributed by atoms with Gasteiger partial charge in [0.1, 0.15) is 0 Å². The fourth-order valence-corrected chi connectivity index (χ4v) is 2.60. The average Bonchev–Trinajstić information content (AvgIpc) is 2.34. The van der Waals surface area contributed by atoms with Crippen molar-refractivity contribution in [1.82, 2.24) is 10.2 Å². The fraction of sp³-hybridized carbons (Fsp3) is 0.700. The largest absolute Gasteiger partial charge is 0.282 e. The maximum atomic E-state index is 4.11. The van der Waals surface area contributed by atoms with Crippen molar-refractivity contribution in [3.8, 4) is 0 Å². The van der Waals surface area contributed by atoms with Gasteiger partial charge in [0.25, 0.3) is 0 Å². The number of aromatic nitrogens is 2. The molecular weight excluding hydrogens is 148 g/mol. The fourth-order valence-electron chi connectivity index (χ4n) is 2.60. The average molecular weight is 164 g/mol. The van der Waals surface area contributed by atoms with Crippen LogP contribution in [0.4, 0.5) is 0 Å². The predicted octanol–water partition coefficient (Wildman–Crippen LogP) is 2.37. The van der Waals surface area contributed by atoms with Gasteiger partial charge in [-0.15, -0.1) is 0 Å². The van der Waals surface area contributed by atoms with Gasteiger partial charge in [-0.05, 0) is 17.4 Å². The van der Waals surface area contributed by atoms with E-state index >= 15 is 0 Å². The lowest BCUT2D eigenvalue weighted by atomic mass is 9.82. The highest BCUT2D eigenvalue weighted by Gasteiger charge is 2.43. The molecule has 2 rings (SSSR count). The topological polar surface area (TPSA) is 28.7 Å². The summed E-state index contributed by atoms with van der Waals surface area (Å²) in [6.45, 7) is 9.13. The highest BCUT2D eigenvalue weighted by molar-refractivity contribution is 5.37. The van der Waals surface area contributed by atoms with Gasteiger partial charge in [0, 0.05) is 11.1 Å². The van der Waals surface area contributed by atoms with Crippen molar-refractivity contribution in [3.05, 3.63) is 17.5 Å². The third kappa shape index (κ3) is 0.838. The van der Waals surface area contributed by atoms with Gasteiger partial charge in [-0.25, -0.2) is 0 Å². The van der Waals surface area contributed by atoms with Crippen LogP contribution in [0.3, 0.4) is 0 Å².